The number of nitrogens with zero attached hydrogens (tertiary/aromatic N) is 1. The van der Waals surface area contributed by atoms with E-state index in [9.17, 15) is 9.90 Å². The summed E-state index contributed by atoms with van der Waals surface area (Å²) in [5.41, 5.74) is 9.50. The van der Waals surface area contributed by atoms with Crippen LogP contribution in [0.2, 0.25) is 0 Å². The minimum Gasteiger partial charge on any atom is -0.454 e. The second-order valence-electron chi connectivity index (χ2n) is 8.74. The lowest BCUT2D eigenvalue weighted by Crippen LogP contribution is -2.43. The van der Waals surface area contributed by atoms with Crippen molar-refractivity contribution in [3.05, 3.63) is 40.5 Å². The summed E-state index contributed by atoms with van der Waals surface area (Å²) in [7, 11) is 2.01. The van der Waals surface area contributed by atoms with Gasteiger partial charge in [0.1, 0.15) is 6.04 Å². The van der Waals surface area contributed by atoms with Crippen LogP contribution in [0.25, 0.3) is 0 Å². The van der Waals surface area contributed by atoms with Crippen LogP contribution in [0.1, 0.15) is 41.1 Å². The van der Waals surface area contributed by atoms with Crippen molar-refractivity contribution in [3.8, 4) is 28.7 Å². The number of carbonyl (C=O) groups excluding carboxylic acids is 1. The number of carbonyl (C=O) groups is 1. The summed E-state index contributed by atoms with van der Waals surface area (Å²) in [6.45, 7) is 2.43. The second-order valence-corrected chi connectivity index (χ2v) is 8.74. The molecule has 3 heterocycles. The molecule has 3 N–H and O–H groups in total. The van der Waals surface area contributed by atoms with Crippen LogP contribution in [-0.4, -0.2) is 48.8 Å². The van der Waals surface area contributed by atoms with Gasteiger partial charge in [-0.25, -0.2) is 4.79 Å². The number of aliphatic hydroxyl groups is 1. The molecule has 4 atom stereocenters. The summed E-state index contributed by atoms with van der Waals surface area (Å²) in [5.74, 6) is 1.92. The minimum atomic E-state index is -0.793. The van der Waals surface area contributed by atoms with Crippen molar-refractivity contribution in [2.45, 2.75) is 44.0 Å². The molecule has 0 radical (unpaired) electrons. The van der Waals surface area contributed by atoms with E-state index in [1.54, 1.807) is 6.92 Å². The van der Waals surface area contributed by atoms with Gasteiger partial charge < -0.3 is 34.5 Å². The highest BCUT2D eigenvalue weighted by Crippen LogP contribution is 2.57. The van der Waals surface area contributed by atoms with Gasteiger partial charge in [-0.1, -0.05) is 6.07 Å². The maximum atomic E-state index is 12.4. The lowest BCUT2D eigenvalue weighted by molar-refractivity contribution is -0.135. The Balaban J connectivity index is 1.51. The van der Waals surface area contributed by atoms with Crippen molar-refractivity contribution in [2.24, 2.45) is 5.73 Å². The molecule has 9 heteroatoms. The highest BCUT2D eigenvalue weighted by Gasteiger charge is 2.47. The van der Waals surface area contributed by atoms with Gasteiger partial charge in [0, 0.05) is 36.1 Å². The van der Waals surface area contributed by atoms with Crippen LogP contribution in [0, 0.1) is 0 Å². The minimum absolute atomic E-state index is 0.0414. The quantitative estimate of drug-likeness (QED) is 0.531. The van der Waals surface area contributed by atoms with Gasteiger partial charge in [0.2, 0.25) is 19.3 Å². The zero-order valence-electron chi connectivity index (χ0n) is 17.8. The molecule has 9 nitrogen and oxygen atoms in total. The summed E-state index contributed by atoms with van der Waals surface area (Å²) in [6, 6.07) is 4.92. The smallest absolute Gasteiger partial charge is 0.328 e. The Kier molecular flexibility index (Phi) is 4.30. The van der Waals surface area contributed by atoms with Crippen molar-refractivity contribution >= 4 is 5.97 Å². The molecule has 1 aliphatic carbocycles. The number of aliphatic hydroxyl groups excluding tert-OH is 1. The molecule has 4 aliphatic rings. The molecule has 0 bridgehead atoms. The molecule has 1 unspecified atom stereocenters. The first-order valence-electron chi connectivity index (χ1n) is 10.7. The molecule has 32 heavy (non-hydrogen) atoms. The zero-order valence-corrected chi connectivity index (χ0v) is 17.8. The Morgan fingerprint density at radius 3 is 2.66 bits per heavy atom. The van der Waals surface area contributed by atoms with E-state index >= 15 is 0 Å². The van der Waals surface area contributed by atoms with Crippen molar-refractivity contribution < 1.29 is 33.6 Å². The fraction of sp³-hybridized carbons (Fsp3) is 0.435. The molecule has 0 saturated heterocycles. The molecular weight excluding hydrogens is 416 g/mol. The second kappa shape index (κ2) is 6.99. The molecule has 6 rings (SSSR count). The van der Waals surface area contributed by atoms with E-state index in [-0.39, 0.29) is 25.5 Å². The lowest BCUT2D eigenvalue weighted by Gasteiger charge is -2.46. The number of hydrogen-bond donors (Lipinski definition) is 2. The number of nitrogens with two attached hydrogens (primary N) is 1. The average Bonchev–Trinajstić information content (AvgIpc) is 3.43. The first kappa shape index (κ1) is 19.7. The summed E-state index contributed by atoms with van der Waals surface area (Å²) in [6.07, 6.45) is -0.404. The number of likely N-dealkylation sites (N-methyl/N-ethyl adjacent to an activating group) is 1. The molecule has 0 aromatic heterocycles. The fourth-order valence-corrected chi connectivity index (χ4v) is 5.34. The first-order valence-corrected chi connectivity index (χ1v) is 10.7. The van der Waals surface area contributed by atoms with Gasteiger partial charge in [0.25, 0.3) is 0 Å². The van der Waals surface area contributed by atoms with Crippen LogP contribution in [-0.2, 0) is 17.8 Å². The van der Waals surface area contributed by atoms with E-state index in [1.165, 1.54) is 0 Å². The van der Waals surface area contributed by atoms with Crippen LogP contribution in [0.3, 0.4) is 0 Å². The first-order chi connectivity index (χ1) is 15.4. The molecule has 3 aliphatic heterocycles. The van der Waals surface area contributed by atoms with E-state index in [0.717, 1.165) is 33.8 Å². The molecule has 0 spiro atoms. The van der Waals surface area contributed by atoms with Crippen LogP contribution < -0.4 is 29.4 Å². The van der Waals surface area contributed by atoms with E-state index in [4.69, 9.17) is 29.4 Å². The van der Waals surface area contributed by atoms with Crippen LogP contribution in [0.5, 0.6) is 28.7 Å². The Morgan fingerprint density at radius 2 is 1.88 bits per heavy atom. The Bertz CT molecular complexity index is 1130. The van der Waals surface area contributed by atoms with Crippen LogP contribution in [0.4, 0.5) is 0 Å². The van der Waals surface area contributed by atoms with Gasteiger partial charge in [-0.3, -0.25) is 4.90 Å². The van der Waals surface area contributed by atoms with Crippen molar-refractivity contribution in [2.75, 3.05) is 20.6 Å². The Hall–Kier alpha value is -3.01. The number of hydrogen-bond acceptors (Lipinski definition) is 9. The van der Waals surface area contributed by atoms with E-state index in [1.807, 2.05) is 25.2 Å². The summed E-state index contributed by atoms with van der Waals surface area (Å²) in [5, 5.41) is 11.3. The monoisotopic (exact) mass is 440 g/mol. The van der Waals surface area contributed by atoms with Gasteiger partial charge in [0.05, 0.1) is 6.10 Å². The maximum absolute atomic E-state index is 12.4. The highest BCUT2D eigenvalue weighted by atomic mass is 16.7. The van der Waals surface area contributed by atoms with Crippen molar-refractivity contribution in [3.63, 3.8) is 0 Å². The van der Waals surface area contributed by atoms with E-state index < -0.39 is 18.1 Å². The molecule has 0 saturated carbocycles. The van der Waals surface area contributed by atoms with Crippen molar-refractivity contribution in [1.29, 1.82) is 0 Å². The molecule has 0 amide bonds. The number of esters is 1. The number of benzene rings is 2. The molecule has 0 fully saturated rings. The largest absolute Gasteiger partial charge is 0.454 e. The third-order valence-corrected chi connectivity index (χ3v) is 6.74. The standard InChI is InChI=1S/C23H24N2O7/c1-10(24)23(27)32-21-13-5-15(26)18-11-3-4-16-20(30-8-28-16)14(11)7-25(2)19(18)12(13)6-17-22(21)31-9-29-17/h3-4,6,10,15,18-19,26H,5,7-9,24H2,1-2H3/t10?,15-,18-,19+/m0/s1. The predicted octanol–water partition coefficient (Wildman–Crippen LogP) is 1.58. The van der Waals surface area contributed by atoms with Gasteiger partial charge in [-0.15, -0.1) is 0 Å². The van der Waals surface area contributed by atoms with E-state index in [2.05, 4.69) is 4.90 Å². The summed E-state index contributed by atoms with van der Waals surface area (Å²) >= 11 is 0. The fourth-order valence-electron chi connectivity index (χ4n) is 5.34. The van der Waals surface area contributed by atoms with E-state index in [0.29, 0.717) is 30.2 Å². The van der Waals surface area contributed by atoms with Crippen LogP contribution >= 0.6 is 0 Å². The Labute approximate surface area is 184 Å². The lowest BCUT2D eigenvalue weighted by atomic mass is 9.70. The topological polar surface area (TPSA) is 113 Å². The SMILES string of the molecule is CC(N)C(=O)Oc1c2c(cc3c1OCO3)[C@@H]1[C@@H](c3ccc4c(c3CN1C)OCO4)[C@@H](O)C2. The van der Waals surface area contributed by atoms with Crippen molar-refractivity contribution in [1.82, 2.24) is 4.90 Å². The molecule has 2 aromatic carbocycles. The van der Waals surface area contributed by atoms with Gasteiger partial charge >= 0.3 is 5.97 Å². The van der Waals surface area contributed by atoms with Gasteiger partial charge in [0.15, 0.2) is 23.0 Å². The Morgan fingerprint density at radius 1 is 1.12 bits per heavy atom. The normalized spacial score (nSPS) is 25.6. The average molecular weight is 440 g/mol. The molecule has 2 aromatic rings. The number of rotatable bonds is 2. The summed E-state index contributed by atoms with van der Waals surface area (Å²) in [4.78, 5) is 14.5. The highest BCUT2D eigenvalue weighted by molar-refractivity contribution is 5.80. The molecule has 168 valence electrons. The van der Waals surface area contributed by atoms with Crippen LogP contribution in [0.15, 0.2) is 18.2 Å². The number of fused-ring (bicyclic) bond motifs is 8. The third kappa shape index (κ3) is 2.71. The predicted molar refractivity (Wildman–Crippen MR) is 111 cm³/mol. The van der Waals surface area contributed by atoms with Gasteiger partial charge in [-0.2, -0.15) is 0 Å². The third-order valence-electron chi connectivity index (χ3n) is 6.74. The zero-order chi connectivity index (χ0) is 22.1. The number of ether oxygens (including phenoxy) is 5. The maximum Gasteiger partial charge on any atom is 0.328 e. The molecular formula is C23H24N2O7. The van der Waals surface area contributed by atoms with Gasteiger partial charge in [-0.05, 0) is 37.2 Å². The summed E-state index contributed by atoms with van der Waals surface area (Å²) < 4.78 is 28.2.